The van der Waals surface area contributed by atoms with Gasteiger partial charge in [0.2, 0.25) is 0 Å². The van der Waals surface area contributed by atoms with Gasteiger partial charge >= 0.3 is 5.97 Å². The first-order valence-corrected chi connectivity index (χ1v) is 9.43. The van der Waals surface area contributed by atoms with E-state index in [2.05, 4.69) is 0 Å². The van der Waals surface area contributed by atoms with Crippen molar-refractivity contribution in [2.75, 3.05) is 11.5 Å². The fraction of sp³-hybridized carbons (Fsp3) is 0.273. The Morgan fingerprint density at radius 2 is 1.62 bits per heavy atom. The zero-order chi connectivity index (χ0) is 20.7. The van der Waals surface area contributed by atoms with Gasteiger partial charge < -0.3 is 9.64 Å². The van der Waals surface area contributed by atoms with Gasteiger partial charge in [-0.15, -0.1) is 0 Å². The van der Waals surface area contributed by atoms with Crippen LogP contribution < -0.4 is 4.90 Å². The van der Waals surface area contributed by atoms with E-state index in [-0.39, 0.29) is 23.1 Å². The molecule has 0 spiro atoms. The van der Waals surface area contributed by atoms with Gasteiger partial charge in [0, 0.05) is 11.7 Å². The van der Waals surface area contributed by atoms with Crippen LogP contribution in [0.25, 0.3) is 0 Å². The van der Waals surface area contributed by atoms with Crippen LogP contribution in [0.5, 0.6) is 0 Å². The summed E-state index contributed by atoms with van der Waals surface area (Å²) in [5.41, 5.74) is 2.40. The fourth-order valence-corrected chi connectivity index (χ4v) is 3.93. The van der Waals surface area contributed by atoms with Crippen molar-refractivity contribution in [3.63, 3.8) is 0 Å². The van der Waals surface area contributed by atoms with E-state index in [0.717, 1.165) is 22.6 Å². The van der Waals surface area contributed by atoms with Gasteiger partial charge in [0.15, 0.2) is 6.61 Å². The van der Waals surface area contributed by atoms with Crippen LogP contribution in [-0.4, -0.2) is 47.3 Å². The van der Waals surface area contributed by atoms with E-state index in [1.54, 1.807) is 29.2 Å². The van der Waals surface area contributed by atoms with E-state index in [0.29, 0.717) is 0 Å². The Balaban J connectivity index is 1.42. The number of imide groups is 1. The number of rotatable bonds is 4. The first-order valence-electron chi connectivity index (χ1n) is 9.43. The molecule has 29 heavy (non-hydrogen) atoms. The third-order valence-electron chi connectivity index (χ3n) is 5.37. The van der Waals surface area contributed by atoms with Crippen LogP contribution in [0.2, 0.25) is 0 Å². The third kappa shape index (κ3) is 3.08. The fourth-order valence-electron chi connectivity index (χ4n) is 3.93. The molecule has 2 heterocycles. The van der Waals surface area contributed by atoms with Crippen molar-refractivity contribution in [2.24, 2.45) is 0 Å². The molecule has 7 nitrogen and oxygen atoms in total. The topological polar surface area (TPSA) is 84.0 Å². The number of carbonyl (C=O) groups excluding carboxylic acids is 4. The molecule has 148 valence electrons. The lowest BCUT2D eigenvalue weighted by molar-refractivity contribution is -0.151. The molecular formula is C22H20N2O5. The van der Waals surface area contributed by atoms with Gasteiger partial charge in [0.1, 0.15) is 6.04 Å². The van der Waals surface area contributed by atoms with Crippen LogP contribution in [0, 0.1) is 0 Å². The highest BCUT2D eigenvalue weighted by Gasteiger charge is 2.41. The number of ether oxygens (including phenoxy) is 1. The Morgan fingerprint density at radius 1 is 1.03 bits per heavy atom. The number of benzene rings is 2. The SMILES string of the molecule is C[C@@H]1Cc2ccccc2N1C(=O)COC(=O)[C@H](C)N1C(=O)c2ccccc2C1=O. The minimum Gasteiger partial charge on any atom is -0.454 e. The molecule has 2 aromatic carbocycles. The number of amides is 3. The van der Waals surface area contributed by atoms with Crippen molar-refractivity contribution in [1.82, 2.24) is 4.90 Å². The largest absolute Gasteiger partial charge is 0.454 e. The Kier molecular flexibility index (Phi) is 4.66. The lowest BCUT2D eigenvalue weighted by Gasteiger charge is -2.24. The van der Waals surface area contributed by atoms with Crippen LogP contribution >= 0.6 is 0 Å². The molecule has 0 aliphatic carbocycles. The molecule has 4 rings (SSSR count). The van der Waals surface area contributed by atoms with Gasteiger partial charge in [-0.25, -0.2) is 4.79 Å². The Morgan fingerprint density at radius 3 is 2.28 bits per heavy atom. The molecule has 0 unspecified atom stereocenters. The van der Waals surface area contributed by atoms with Crippen molar-refractivity contribution in [3.8, 4) is 0 Å². The first kappa shape index (κ1) is 18.9. The molecule has 2 atom stereocenters. The summed E-state index contributed by atoms with van der Waals surface area (Å²) in [6.07, 6.45) is 0.737. The normalized spacial score (nSPS) is 18.5. The highest BCUT2D eigenvalue weighted by atomic mass is 16.5. The number of fused-ring (bicyclic) bond motifs is 2. The maximum Gasteiger partial charge on any atom is 0.329 e. The molecule has 0 bridgehead atoms. The number of nitrogens with zero attached hydrogens (tertiary/aromatic N) is 2. The van der Waals surface area contributed by atoms with Gasteiger partial charge in [-0.3, -0.25) is 19.3 Å². The molecule has 7 heteroatoms. The number of anilines is 1. The summed E-state index contributed by atoms with van der Waals surface area (Å²) < 4.78 is 5.17. The molecule has 0 saturated heterocycles. The number of carbonyl (C=O) groups is 4. The zero-order valence-corrected chi connectivity index (χ0v) is 16.1. The number of esters is 1. The second kappa shape index (κ2) is 7.16. The molecule has 2 aliphatic rings. The molecule has 2 aliphatic heterocycles. The van der Waals surface area contributed by atoms with Crippen molar-refractivity contribution < 1.29 is 23.9 Å². The van der Waals surface area contributed by atoms with Gasteiger partial charge in [-0.2, -0.15) is 0 Å². The van der Waals surface area contributed by atoms with Crippen molar-refractivity contribution in [3.05, 3.63) is 65.2 Å². The van der Waals surface area contributed by atoms with Crippen LogP contribution in [-0.2, 0) is 20.7 Å². The van der Waals surface area contributed by atoms with E-state index in [1.807, 2.05) is 31.2 Å². The van der Waals surface area contributed by atoms with Gasteiger partial charge in [-0.1, -0.05) is 30.3 Å². The van der Waals surface area contributed by atoms with Crippen LogP contribution in [0.3, 0.4) is 0 Å². The van der Waals surface area contributed by atoms with E-state index >= 15 is 0 Å². The molecule has 0 N–H and O–H groups in total. The van der Waals surface area contributed by atoms with E-state index < -0.39 is 30.4 Å². The van der Waals surface area contributed by atoms with E-state index in [1.165, 1.54) is 6.92 Å². The monoisotopic (exact) mass is 392 g/mol. The zero-order valence-electron chi connectivity index (χ0n) is 16.1. The second-order valence-electron chi connectivity index (χ2n) is 7.26. The standard InChI is InChI=1S/C22H20N2O5/c1-13-11-15-7-3-6-10-18(15)23(13)19(25)12-29-22(28)14(2)24-20(26)16-8-4-5-9-17(16)21(24)27/h3-10,13-14H,11-12H2,1-2H3/t13-,14+/m1/s1. The van der Waals surface area contributed by atoms with Gasteiger partial charge in [0.25, 0.3) is 17.7 Å². The molecule has 0 aromatic heterocycles. The van der Waals surface area contributed by atoms with Crippen LogP contribution in [0.15, 0.2) is 48.5 Å². The number of hydrogen-bond acceptors (Lipinski definition) is 5. The minimum atomic E-state index is -1.13. The van der Waals surface area contributed by atoms with Crippen LogP contribution in [0.1, 0.15) is 40.1 Å². The van der Waals surface area contributed by atoms with Gasteiger partial charge in [0.05, 0.1) is 11.1 Å². The summed E-state index contributed by atoms with van der Waals surface area (Å²) in [6.45, 7) is 2.90. The van der Waals surface area contributed by atoms with Crippen molar-refractivity contribution >= 4 is 29.4 Å². The number of hydrogen-bond donors (Lipinski definition) is 0. The predicted octanol–water partition coefficient (Wildman–Crippen LogP) is 2.19. The predicted molar refractivity (Wildman–Crippen MR) is 104 cm³/mol. The molecule has 0 radical (unpaired) electrons. The quantitative estimate of drug-likeness (QED) is 0.588. The summed E-state index contributed by atoms with van der Waals surface area (Å²) in [4.78, 5) is 52.7. The average molecular weight is 392 g/mol. The number of para-hydroxylation sites is 1. The summed E-state index contributed by atoms with van der Waals surface area (Å²) in [5, 5.41) is 0. The first-order chi connectivity index (χ1) is 13.9. The molecular weight excluding hydrogens is 372 g/mol. The molecule has 0 fully saturated rings. The lowest BCUT2D eigenvalue weighted by Crippen LogP contribution is -2.45. The third-order valence-corrected chi connectivity index (χ3v) is 5.37. The average Bonchev–Trinajstić information content (AvgIpc) is 3.19. The highest BCUT2D eigenvalue weighted by molar-refractivity contribution is 6.22. The highest BCUT2D eigenvalue weighted by Crippen LogP contribution is 2.32. The maximum absolute atomic E-state index is 12.7. The van der Waals surface area contributed by atoms with Crippen LogP contribution in [0.4, 0.5) is 5.69 Å². The minimum absolute atomic E-state index is 0.0349. The van der Waals surface area contributed by atoms with E-state index in [4.69, 9.17) is 4.74 Å². The summed E-state index contributed by atoms with van der Waals surface area (Å²) in [6, 6.07) is 12.8. The summed E-state index contributed by atoms with van der Waals surface area (Å²) >= 11 is 0. The second-order valence-corrected chi connectivity index (χ2v) is 7.26. The Bertz CT molecular complexity index is 996. The van der Waals surface area contributed by atoms with E-state index in [9.17, 15) is 19.2 Å². The Labute approximate surface area is 167 Å². The maximum atomic E-state index is 12.7. The van der Waals surface area contributed by atoms with Crippen molar-refractivity contribution in [2.45, 2.75) is 32.4 Å². The van der Waals surface area contributed by atoms with Crippen molar-refractivity contribution in [1.29, 1.82) is 0 Å². The molecule has 2 aromatic rings. The molecule has 3 amide bonds. The lowest BCUT2D eigenvalue weighted by atomic mass is 10.1. The summed E-state index contributed by atoms with van der Waals surface area (Å²) in [5.74, 6) is -2.22. The smallest absolute Gasteiger partial charge is 0.329 e. The Hall–Kier alpha value is -3.48. The molecule has 0 saturated carbocycles. The summed E-state index contributed by atoms with van der Waals surface area (Å²) in [7, 11) is 0. The van der Waals surface area contributed by atoms with Gasteiger partial charge in [-0.05, 0) is 44.0 Å².